The zero-order valence-electron chi connectivity index (χ0n) is 4.89. The minimum Gasteiger partial charge on any atom is -0.386 e. The topological polar surface area (TPSA) is 38.4 Å². The number of amidine groups is 1. The fourth-order valence-electron chi connectivity index (χ4n) is 0.178. The molecule has 0 aliphatic heterocycles. The summed E-state index contributed by atoms with van der Waals surface area (Å²) in [4.78, 5) is 3.65. The molecule has 4 heteroatoms. The molecule has 0 fully saturated rings. The number of halogens is 2. The van der Waals surface area contributed by atoms with Crippen molar-refractivity contribution in [3.05, 3.63) is 0 Å². The summed E-state index contributed by atoms with van der Waals surface area (Å²) in [6.45, 7) is 1.78. The first-order valence-corrected chi connectivity index (χ1v) is 2.48. The molecule has 50 valence electrons. The van der Waals surface area contributed by atoms with Crippen molar-refractivity contribution in [2.24, 2.45) is 10.7 Å². The Morgan fingerprint density at radius 2 is 2.12 bits per heavy atom. The van der Waals surface area contributed by atoms with E-state index < -0.39 is 0 Å². The average molecular weight is 157 g/mol. The van der Waals surface area contributed by atoms with Gasteiger partial charge in [0.25, 0.3) is 0 Å². The minimum absolute atomic E-state index is 0. The van der Waals surface area contributed by atoms with Crippen molar-refractivity contribution in [1.82, 2.24) is 0 Å². The van der Waals surface area contributed by atoms with Crippen LogP contribution >= 0.6 is 24.0 Å². The molecule has 0 heterocycles. The number of hydrogen-bond donors (Lipinski definition) is 1. The molecule has 0 aliphatic carbocycles. The fourth-order valence-corrected chi connectivity index (χ4v) is 0.275. The predicted molar refractivity (Wildman–Crippen MR) is 40.1 cm³/mol. The third-order valence-electron chi connectivity index (χ3n) is 0.666. The first-order valence-electron chi connectivity index (χ1n) is 2.04. The summed E-state index contributed by atoms with van der Waals surface area (Å²) >= 11 is 5.47. The lowest BCUT2D eigenvalue weighted by Crippen LogP contribution is -2.20. The lowest BCUT2D eigenvalue weighted by atomic mass is 10.4. The molecule has 0 spiro atoms. The van der Waals surface area contributed by atoms with Crippen molar-refractivity contribution >= 4 is 29.8 Å². The van der Waals surface area contributed by atoms with E-state index in [-0.39, 0.29) is 17.8 Å². The molecule has 0 amide bonds. The molecule has 0 aromatic heterocycles. The van der Waals surface area contributed by atoms with Gasteiger partial charge in [0.05, 0.1) is 5.38 Å². The second-order valence-electron chi connectivity index (χ2n) is 1.26. The molecular weight excluding hydrogens is 147 g/mol. The molecule has 0 aliphatic rings. The SMILES string of the molecule is CN=C(N)C(C)Cl.Cl. The van der Waals surface area contributed by atoms with Crippen molar-refractivity contribution in [3.63, 3.8) is 0 Å². The molecule has 1 atom stereocenters. The van der Waals surface area contributed by atoms with E-state index >= 15 is 0 Å². The van der Waals surface area contributed by atoms with Crippen molar-refractivity contribution in [2.45, 2.75) is 12.3 Å². The summed E-state index contributed by atoms with van der Waals surface area (Å²) in [5, 5.41) is -0.134. The van der Waals surface area contributed by atoms with Gasteiger partial charge in [0.2, 0.25) is 0 Å². The van der Waals surface area contributed by atoms with Gasteiger partial charge in [-0.2, -0.15) is 0 Å². The number of aliphatic imine (C=N–C) groups is 1. The molecule has 0 aromatic rings. The molecule has 1 unspecified atom stereocenters. The number of nitrogens with zero attached hydrogens (tertiary/aromatic N) is 1. The third kappa shape index (κ3) is 4.22. The monoisotopic (exact) mass is 156 g/mol. The summed E-state index contributed by atoms with van der Waals surface area (Å²) in [6.07, 6.45) is 0. The van der Waals surface area contributed by atoms with Gasteiger partial charge in [-0.15, -0.1) is 24.0 Å². The van der Waals surface area contributed by atoms with Gasteiger partial charge >= 0.3 is 0 Å². The summed E-state index contributed by atoms with van der Waals surface area (Å²) in [7, 11) is 1.62. The van der Waals surface area contributed by atoms with Crippen LogP contribution in [0.15, 0.2) is 4.99 Å². The Kier molecular flexibility index (Phi) is 7.09. The van der Waals surface area contributed by atoms with Crippen LogP contribution in [0, 0.1) is 0 Å². The highest BCUT2D eigenvalue weighted by Gasteiger charge is 1.96. The van der Waals surface area contributed by atoms with Crippen LogP contribution in [0.1, 0.15) is 6.92 Å². The standard InChI is InChI=1S/C4H9ClN2.ClH/c1-3(5)4(6)7-2;/h3H,1-2H3,(H2,6,7);1H. The van der Waals surface area contributed by atoms with E-state index in [2.05, 4.69) is 4.99 Å². The minimum atomic E-state index is -0.134. The average Bonchev–Trinajstić information content (AvgIpc) is 1.65. The van der Waals surface area contributed by atoms with Crippen LogP contribution < -0.4 is 5.73 Å². The zero-order valence-corrected chi connectivity index (χ0v) is 6.46. The molecule has 8 heavy (non-hydrogen) atoms. The van der Waals surface area contributed by atoms with E-state index in [1.807, 2.05) is 0 Å². The molecular formula is C4H10Cl2N2. The van der Waals surface area contributed by atoms with Crippen LogP contribution in [0.5, 0.6) is 0 Å². The molecule has 0 radical (unpaired) electrons. The van der Waals surface area contributed by atoms with Gasteiger partial charge in [0.1, 0.15) is 5.84 Å². The first-order chi connectivity index (χ1) is 3.18. The summed E-state index contributed by atoms with van der Waals surface area (Å²) in [5.74, 6) is 0.488. The Morgan fingerprint density at radius 3 is 2.12 bits per heavy atom. The number of alkyl halides is 1. The molecule has 0 rings (SSSR count). The van der Waals surface area contributed by atoms with Crippen molar-refractivity contribution < 1.29 is 0 Å². The van der Waals surface area contributed by atoms with Crippen LogP contribution in [-0.2, 0) is 0 Å². The van der Waals surface area contributed by atoms with Gasteiger partial charge < -0.3 is 5.73 Å². The van der Waals surface area contributed by atoms with E-state index in [1.54, 1.807) is 14.0 Å². The Hall–Kier alpha value is 0.0500. The van der Waals surface area contributed by atoms with Crippen LogP contribution in [0.2, 0.25) is 0 Å². The Balaban J connectivity index is 0. The van der Waals surface area contributed by atoms with Crippen molar-refractivity contribution in [1.29, 1.82) is 0 Å². The van der Waals surface area contributed by atoms with Crippen LogP contribution in [0.3, 0.4) is 0 Å². The van der Waals surface area contributed by atoms with Gasteiger partial charge in [0.15, 0.2) is 0 Å². The summed E-state index contributed by atoms with van der Waals surface area (Å²) in [5.41, 5.74) is 5.23. The molecule has 0 saturated heterocycles. The largest absolute Gasteiger partial charge is 0.386 e. The van der Waals surface area contributed by atoms with Gasteiger partial charge in [0, 0.05) is 7.05 Å². The van der Waals surface area contributed by atoms with E-state index in [9.17, 15) is 0 Å². The number of nitrogens with two attached hydrogens (primary N) is 1. The number of rotatable bonds is 1. The first kappa shape index (κ1) is 10.9. The fraction of sp³-hybridized carbons (Fsp3) is 0.750. The van der Waals surface area contributed by atoms with E-state index in [0.717, 1.165) is 0 Å². The third-order valence-corrected chi connectivity index (χ3v) is 0.889. The predicted octanol–water partition coefficient (Wildman–Crippen LogP) is 1.02. The summed E-state index contributed by atoms with van der Waals surface area (Å²) < 4.78 is 0. The highest BCUT2D eigenvalue weighted by Crippen LogP contribution is 1.90. The molecule has 2 N–H and O–H groups in total. The highest BCUT2D eigenvalue weighted by atomic mass is 35.5. The van der Waals surface area contributed by atoms with E-state index in [4.69, 9.17) is 17.3 Å². The van der Waals surface area contributed by atoms with Gasteiger partial charge in [-0.3, -0.25) is 4.99 Å². The smallest absolute Gasteiger partial charge is 0.111 e. The maximum absolute atomic E-state index is 5.47. The summed E-state index contributed by atoms with van der Waals surface area (Å²) in [6, 6.07) is 0. The van der Waals surface area contributed by atoms with E-state index in [1.165, 1.54) is 0 Å². The van der Waals surface area contributed by atoms with Gasteiger partial charge in [-0.1, -0.05) is 0 Å². The Morgan fingerprint density at radius 1 is 1.75 bits per heavy atom. The molecule has 0 aromatic carbocycles. The second-order valence-corrected chi connectivity index (χ2v) is 1.92. The Labute approximate surface area is 60.5 Å². The van der Waals surface area contributed by atoms with Crippen LogP contribution in [-0.4, -0.2) is 18.3 Å². The molecule has 0 bridgehead atoms. The highest BCUT2D eigenvalue weighted by molar-refractivity contribution is 6.31. The van der Waals surface area contributed by atoms with Crippen LogP contribution in [0.4, 0.5) is 0 Å². The maximum Gasteiger partial charge on any atom is 0.111 e. The quantitative estimate of drug-likeness (QED) is 0.344. The van der Waals surface area contributed by atoms with Crippen molar-refractivity contribution in [2.75, 3.05) is 7.05 Å². The van der Waals surface area contributed by atoms with Crippen LogP contribution in [0.25, 0.3) is 0 Å². The zero-order chi connectivity index (χ0) is 5.86. The number of hydrogen-bond acceptors (Lipinski definition) is 1. The normalized spacial score (nSPS) is 14.6. The van der Waals surface area contributed by atoms with E-state index in [0.29, 0.717) is 5.84 Å². The van der Waals surface area contributed by atoms with Crippen molar-refractivity contribution in [3.8, 4) is 0 Å². The molecule has 0 saturated carbocycles. The van der Waals surface area contributed by atoms with Gasteiger partial charge in [-0.25, -0.2) is 0 Å². The maximum atomic E-state index is 5.47. The second kappa shape index (κ2) is 5.19. The Bertz CT molecular complexity index is 80.1. The molecule has 2 nitrogen and oxygen atoms in total. The lowest BCUT2D eigenvalue weighted by molar-refractivity contribution is 1.22. The van der Waals surface area contributed by atoms with Gasteiger partial charge in [-0.05, 0) is 6.92 Å². The lowest BCUT2D eigenvalue weighted by Gasteiger charge is -1.96.